The molecule has 0 aliphatic carbocycles. The zero-order valence-electron chi connectivity index (χ0n) is 11.3. The van der Waals surface area contributed by atoms with Gasteiger partial charge in [-0.3, -0.25) is 0 Å². The minimum Gasteiger partial charge on any atom is -0.493 e. The molecule has 0 fully saturated rings. The van der Waals surface area contributed by atoms with Gasteiger partial charge in [0.1, 0.15) is 0 Å². The lowest BCUT2D eigenvalue weighted by atomic mass is 10.1. The topological polar surface area (TPSA) is 77.0 Å². The molecule has 1 amide bonds. The summed E-state index contributed by atoms with van der Waals surface area (Å²) in [6.45, 7) is 2.07. The number of hydrogen-bond acceptors (Lipinski definition) is 5. The van der Waals surface area contributed by atoms with Crippen LogP contribution in [0.2, 0.25) is 0 Å². The van der Waals surface area contributed by atoms with Crippen LogP contribution in [0.4, 0.5) is 4.79 Å². The van der Waals surface area contributed by atoms with Gasteiger partial charge in [-0.05, 0) is 24.6 Å². The molecule has 0 aromatic heterocycles. The first kappa shape index (κ1) is 15.1. The molecule has 106 valence electrons. The fraction of sp³-hybridized carbons (Fsp3) is 0.462. The van der Waals surface area contributed by atoms with Gasteiger partial charge < -0.3 is 24.6 Å². The van der Waals surface area contributed by atoms with E-state index in [1.807, 2.05) is 0 Å². The van der Waals surface area contributed by atoms with Crippen molar-refractivity contribution in [3.8, 4) is 11.5 Å². The maximum atomic E-state index is 11.1. The highest BCUT2D eigenvalue weighted by Gasteiger charge is 2.13. The third-order valence-corrected chi connectivity index (χ3v) is 2.51. The van der Waals surface area contributed by atoms with Crippen molar-refractivity contribution in [2.45, 2.75) is 13.0 Å². The van der Waals surface area contributed by atoms with Crippen molar-refractivity contribution in [3.05, 3.63) is 23.8 Å². The second-order valence-electron chi connectivity index (χ2n) is 3.73. The van der Waals surface area contributed by atoms with Gasteiger partial charge in [0.05, 0.1) is 33.5 Å². The summed E-state index contributed by atoms with van der Waals surface area (Å²) in [5, 5.41) is 12.4. The number of hydrogen-bond donors (Lipinski definition) is 2. The third-order valence-electron chi connectivity index (χ3n) is 2.51. The maximum Gasteiger partial charge on any atom is 0.407 e. The number of rotatable bonds is 6. The average molecular weight is 269 g/mol. The Morgan fingerprint density at radius 3 is 2.58 bits per heavy atom. The number of carbonyl (C=O) groups excluding carboxylic acids is 1. The van der Waals surface area contributed by atoms with Crippen LogP contribution in [0.3, 0.4) is 0 Å². The van der Waals surface area contributed by atoms with Crippen LogP contribution in [0.5, 0.6) is 11.5 Å². The molecule has 1 aromatic carbocycles. The number of carbonyl (C=O) groups is 1. The summed E-state index contributed by atoms with van der Waals surface area (Å²) in [7, 11) is 3.06. The molecule has 0 unspecified atom stereocenters. The summed E-state index contributed by atoms with van der Waals surface area (Å²) in [5.41, 5.74) is 0.620. The minimum absolute atomic E-state index is 0.0638. The quantitative estimate of drug-likeness (QED) is 0.818. The van der Waals surface area contributed by atoms with Crippen LogP contribution in [0.25, 0.3) is 0 Å². The Balaban J connectivity index is 2.66. The van der Waals surface area contributed by atoms with Crippen LogP contribution < -0.4 is 14.8 Å². The number of alkyl carbamates (subject to hydrolysis) is 1. The summed E-state index contributed by atoms with van der Waals surface area (Å²) < 4.78 is 15.0. The highest BCUT2D eigenvalue weighted by atomic mass is 16.5. The number of benzene rings is 1. The van der Waals surface area contributed by atoms with E-state index in [9.17, 15) is 9.90 Å². The number of amides is 1. The van der Waals surface area contributed by atoms with E-state index >= 15 is 0 Å². The molecular weight excluding hydrogens is 250 g/mol. The van der Waals surface area contributed by atoms with Crippen LogP contribution in [0.1, 0.15) is 18.6 Å². The van der Waals surface area contributed by atoms with E-state index in [4.69, 9.17) is 14.2 Å². The molecule has 0 radical (unpaired) electrons. The number of aliphatic hydroxyl groups excluding tert-OH is 1. The highest BCUT2D eigenvalue weighted by Crippen LogP contribution is 2.29. The standard InChI is InChI=1S/C13H19NO5/c1-4-19-13(16)14-8-10(15)9-5-6-11(17-2)12(7-9)18-3/h5-7,10,15H,4,8H2,1-3H3,(H,14,16)/t10-/m0/s1. The predicted octanol–water partition coefficient (Wildman–Crippen LogP) is 1.48. The van der Waals surface area contributed by atoms with Crippen LogP contribution in [0.15, 0.2) is 18.2 Å². The van der Waals surface area contributed by atoms with Crippen LogP contribution in [-0.4, -0.2) is 38.6 Å². The van der Waals surface area contributed by atoms with Gasteiger partial charge in [0.25, 0.3) is 0 Å². The van der Waals surface area contributed by atoms with E-state index in [2.05, 4.69) is 5.32 Å². The van der Waals surface area contributed by atoms with E-state index in [0.29, 0.717) is 17.1 Å². The monoisotopic (exact) mass is 269 g/mol. The van der Waals surface area contributed by atoms with Crippen LogP contribution >= 0.6 is 0 Å². The Labute approximate surface area is 112 Å². The summed E-state index contributed by atoms with van der Waals surface area (Å²) in [4.78, 5) is 11.1. The van der Waals surface area contributed by atoms with Crippen molar-refractivity contribution < 1.29 is 24.1 Å². The van der Waals surface area contributed by atoms with Gasteiger partial charge in [-0.25, -0.2) is 4.79 Å². The first-order chi connectivity index (χ1) is 9.12. The molecule has 0 saturated heterocycles. The number of ether oxygens (including phenoxy) is 3. The van der Waals surface area contributed by atoms with Crippen molar-refractivity contribution in [2.24, 2.45) is 0 Å². The third kappa shape index (κ3) is 4.33. The fourth-order valence-electron chi connectivity index (χ4n) is 1.54. The van der Waals surface area contributed by atoms with E-state index in [0.717, 1.165) is 0 Å². The molecule has 0 aliphatic heterocycles. The number of aliphatic hydroxyl groups is 1. The normalized spacial score (nSPS) is 11.6. The van der Waals surface area contributed by atoms with Gasteiger partial charge in [0, 0.05) is 0 Å². The Kier molecular flexibility index (Phi) is 5.95. The summed E-state index contributed by atoms with van der Waals surface area (Å²) in [5.74, 6) is 1.10. The zero-order valence-corrected chi connectivity index (χ0v) is 11.3. The predicted molar refractivity (Wildman–Crippen MR) is 69.5 cm³/mol. The zero-order chi connectivity index (χ0) is 14.3. The molecule has 1 atom stereocenters. The van der Waals surface area contributed by atoms with E-state index in [-0.39, 0.29) is 13.2 Å². The molecule has 0 bridgehead atoms. The molecule has 1 rings (SSSR count). The van der Waals surface area contributed by atoms with Gasteiger partial charge in [0.2, 0.25) is 0 Å². The number of methoxy groups -OCH3 is 2. The summed E-state index contributed by atoms with van der Waals surface area (Å²) in [6.07, 6.45) is -1.40. The second kappa shape index (κ2) is 7.48. The molecule has 19 heavy (non-hydrogen) atoms. The highest BCUT2D eigenvalue weighted by molar-refractivity contribution is 5.67. The Hall–Kier alpha value is -1.95. The summed E-state index contributed by atoms with van der Waals surface area (Å²) in [6, 6.07) is 5.07. The van der Waals surface area contributed by atoms with Crippen LogP contribution in [0, 0.1) is 0 Å². The molecule has 0 spiro atoms. The first-order valence-corrected chi connectivity index (χ1v) is 5.93. The lowest BCUT2D eigenvalue weighted by Crippen LogP contribution is -2.28. The van der Waals surface area contributed by atoms with Crippen molar-refractivity contribution in [1.82, 2.24) is 5.32 Å². The number of nitrogens with one attached hydrogen (secondary N) is 1. The van der Waals surface area contributed by atoms with Gasteiger partial charge in [-0.1, -0.05) is 6.07 Å². The van der Waals surface area contributed by atoms with Gasteiger partial charge in [-0.2, -0.15) is 0 Å². The molecule has 6 nitrogen and oxygen atoms in total. The van der Waals surface area contributed by atoms with Gasteiger partial charge in [-0.15, -0.1) is 0 Å². The van der Waals surface area contributed by atoms with Gasteiger partial charge in [0.15, 0.2) is 11.5 Å². The molecule has 2 N–H and O–H groups in total. The van der Waals surface area contributed by atoms with E-state index in [1.165, 1.54) is 14.2 Å². The van der Waals surface area contributed by atoms with Gasteiger partial charge >= 0.3 is 6.09 Å². The SMILES string of the molecule is CCOC(=O)NC[C@H](O)c1ccc(OC)c(OC)c1. The van der Waals surface area contributed by atoms with Crippen molar-refractivity contribution in [2.75, 3.05) is 27.4 Å². The van der Waals surface area contributed by atoms with Crippen molar-refractivity contribution >= 4 is 6.09 Å². The van der Waals surface area contributed by atoms with Crippen LogP contribution in [-0.2, 0) is 4.74 Å². The first-order valence-electron chi connectivity index (χ1n) is 5.93. The Morgan fingerprint density at radius 2 is 2.00 bits per heavy atom. The second-order valence-corrected chi connectivity index (χ2v) is 3.73. The average Bonchev–Trinajstić information content (AvgIpc) is 2.44. The summed E-state index contributed by atoms with van der Waals surface area (Å²) >= 11 is 0. The van der Waals surface area contributed by atoms with E-state index in [1.54, 1.807) is 25.1 Å². The Morgan fingerprint density at radius 1 is 1.32 bits per heavy atom. The fourth-order valence-corrected chi connectivity index (χ4v) is 1.54. The largest absolute Gasteiger partial charge is 0.493 e. The Bertz CT molecular complexity index is 421. The smallest absolute Gasteiger partial charge is 0.407 e. The molecule has 0 saturated carbocycles. The lowest BCUT2D eigenvalue weighted by Gasteiger charge is -2.14. The maximum absolute atomic E-state index is 11.1. The molecule has 0 aliphatic rings. The van der Waals surface area contributed by atoms with Crippen molar-refractivity contribution in [1.29, 1.82) is 0 Å². The minimum atomic E-state index is -0.843. The lowest BCUT2D eigenvalue weighted by molar-refractivity contribution is 0.135. The van der Waals surface area contributed by atoms with E-state index < -0.39 is 12.2 Å². The molecule has 0 heterocycles. The molecule has 6 heteroatoms. The van der Waals surface area contributed by atoms with Crippen molar-refractivity contribution in [3.63, 3.8) is 0 Å². The molecular formula is C13H19NO5. The molecule has 1 aromatic rings.